The van der Waals surface area contributed by atoms with Crippen LogP contribution in [0.5, 0.6) is 17.4 Å². The second-order valence-electron chi connectivity index (χ2n) is 7.52. The maximum Gasteiger partial charge on any atom is 0.239 e. The van der Waals surface area contributed by atoms with Crippen molar-refractivity contribution in [3.8, 4) is 34.6 Å². The zero-order valence-corrected chi connectivity index (χ0v) is 20.5. The Morgan fingerprint density at radius 3 is 2.38 bits per heavy atom. The second-order valence-corrected chi connectivity index (χ2v) is 8.34. The summed E-state index contributed by atoms with van der Waals surface area (Å²) >= 11 is 1.51. The van der Waals surface area contributed by atoms with Crippen molar-refractivity contribution in [3.63, 3.8) is 0 Å². The number of aryl methyl sites for hydroxylation is 1. The van der Waals surface area contributed by atoms with Crippen LogP contribution in [0.4, 0.5) is 5.95 Å². The van der Waals surface area contributed by atoms with Crippen LogP contribution >= 0.6 is 11.9 Å². The molecular formula is C23H27N7O3S. The standard InChI is InChI=1S/C23H27N7O3S/c1-15-12-24-29(13-15)16(2)14-34-28-23-27-26-22(17-8-6-11-20(25-17)33-5)30(23)21-18(31-3)9-7-10-19(21)32-4/h6-13,16H,14H2,1-5H3,(H,27,28). The average molecular weight is 482 g/mol. The summed E-state index contributed by atoms with van der Waals surface area (Å²) < 4.78 is 23.7. The lowest BCUT2D eigenvalue weighted by Crippen LogP contribution is -2.11. The molecule has 0 saturated heterocycles. The predicted molar refractivity (Wildman–Crippen MR) is 132 cm³/mol. The van der Waals surface area contributed by atoms with Crippen LogP contribution in [0, 0.1) is 6.92 Å². The van der Waals surface area contributed by atoms with Crippen molar-refractivity contribution in [2.45, 2.75) is 19.9 Å². The molecule has 0 aliphatic heterocycles. The molecule has 4 aromatic rings. The third-order valence-corrected chi connectivity index (χ3v) is 6.10. The van der Waals surface area contributed by atoms with Gasteiger partial charge in [-0.05, 0) is 49.6 Å². The fraction of sp³-hybridized carbons (Fsp3) is 0.304. The quantitative estimate of drug-likeness (QED) is 0.334. The largest absolute Gasteiger partial charge is 0.494 e. The molecule has 1 unspecified atom stereocenters. The first kappa shape index (κ1) is 23.4. The van der Waals surface area contributed by atoms with E-state index >= 15 is 0 Å². The van der Waals surface area contributed by atoms with Gasteiger partial charge in [-0.2, -0.15) is 5.10 Å². The SMILES string of the molecule is COc1cccc(-c2nnc(NSCC(C)n3cc(C)cn3)n2-c2c(OC)cccc2OC)n1. The van der Waals surface area contributed by atoms with Crippen molar-refractivity contribution in [1.29, 1.82) is 0 Å². The van der Waals surface area contributed by atoms with E-state index in [1.165, 1.54) is 11.9 Å². The number of methoxy groups -OCH3 is 3. The molecule has 3 heterocycles. The number of para-hydroxylation sites is 1. The number of pyridine rings is 1. The van der Waals surface area contributed by atoms with Crippen molar-refractivity contribution in [2.75, 3.05) is 31.8 Å². The third kappa shape index (κ3) is 4.79. The van der Waals surface area contributed by atoms with E-state index < -0.39 is 0 Å². The number of aromatic nitrogens is 6. The highest BCUT2D eigenvalue weighted by molar-refractivity contribution is 8.00. The summed E-state index contributed by atoms with van der Waals surface area (Å²) in [5.74, 6) is 3.47. The molecule has 0 amide bonds. The van der Waals surface area contributed by atoms with E-state index in [0.29, 0.717) is 40.5 Å². The van der Waals surface area contributed by atoms with E-state index in [0.717, 1.165) is 11.3 Å². The Bertz CT molecular complexity index is 1230. The molecule has 178 valence electrons. The molecule has 0 aliphatic carbocycles. The van der Waals surface area contributed by atoms with Gasteiger partial charge in [0.2, 0.25) is 11.8 Å². The van der Waals surface area contributed by atoms with Crippen LogP contribution in [0.1, 0.15) is 18.5 Å². The first-order valence-corrected chi connectivity index (χ1v) is 11.6. The highest BCUT2D eigenvalue weighted by Gasteiger charge is 2.23. The zero-order valence-electron chi connectivity index (χ0n) is 19.7. The summed E-state index contributed by atoms with van der Waals surface area (Å²) in [6, 6.07) is 11.3. The summed E-state index contributed by atoms with van der Waals surface area (Å²) in [5.41, 5.74) is 2.39. The molecule has 0 spiro atoms. The topological polar surface area (TPSA) is 101 Å². The summed E-state index contributed by atoms with van der Waals surface area (Å²) in [6.45, 7) is 4.14. The van der Waals surface area contributed by atoms with Gasteiger partial charge in [0, 0.05) is 18.0 Å². The molecule has 1 aromatic carbocycles. The number of hydrogen-bond donors (Lipinski definition) is 1. The van der Waals surface area contributed by atoms with Crippen molar-refractivity contribution in [3.05, 3.63) is 54.4 Å². The van der Waals surface area contributed by atoms with Crippen molar-refractivity contribution in [1.82, 2.24) is 29.5 Å². The van der Waals surface area contributed by atoms with Gasteiger partial charge >= 0.3 is 0 Å². The van der Waals surface area contributed by atoms with Gasteiger partial charge in [-0.15, -0.1) is 10.2 Å². The zero-order chi connectivity index (χ0) is 24.1. The van der Waals surface area contributed by atoms with Crippen molar-refractivity contribution in [2.24, 2.45) is 0 Å². The fourth-order valence-corrected chi connectivity index (χ4v) is 4.15. The minimum absolute atomic E-state index is 0.183. The molecule has 0 saturated carbocycles. The summed E-state index contributed by atoms with van der Waals surface area (Å²) in [6.07, 6.45) is 3.88. The van der Waals surface area contributed by atoms with Gasteiger partial charge in [0.1, 0.15) is 22.9 Å². The molecule has 1 N–H and O–H groups in total. The predicted octanol–water partition coefficient (Wildman–Crippen LogP) is 4.18. The van der Waals surface area contributed by atoms with Gasteiger partial charge in [0.25, 0.3) is 0 Å². The molecule has 0 radical (unpaired) electrons. The van der Waals surface area contributed by atoms with E-state index in [4.69, 9.17) is 14.2 Å². The van der Waals surface area contributed by atoms with Gasteiger partial charge in [-0.25, -0.2) is 4.98 Å². The second kappa shape index (κ2) is 10.5. The maximum absolute atomic E-state index is 5.66. The minimum atomic E-state index is 0.183. The van der Waals surface area contributed by atoms with Crippen molar-refractivity contribution < 1.29 is 14.2 Å². The Kier molecular flexibility index (Phi) is 7.21. The number of rotatable bonds is 10. The minimum Gasteiger partial charge on any atom is -0.494 e. The molecular weight excluding hydrogens is 454 g/mol. The Morgan fingerprint density at radius 2 is 1.74 bits per heavy atom. The average Bonchev–Trinajstić information content (AvgIpc) is 3.49. The van der Waals surface area contributed by atoms with Crippen LogP contribution in [0.15, 0.2) is 48.8 Å². The number of nitrogens with zero attached hydrogens (tertiary/aromatic N) is 6. The van der Waals surface area contributed by atoms with Gasteiger partial charge in [-0.1, -0.05) is 12.1 Å². The monoisotopic (exact) mass is 481 g/mol. The van der Waals surface area contributed by atoms with Crippen LogP contribution in [0.25, 0.3) is 17.2 Å². The van der Waals surface area contributed by atoms with Gasteiger partial charge in [0.05, 0.1) is 33.6 Å². The van der Waals surface area contributed by atoms with E-state index in [1.54, 1.807) is 27.4 Å². The molecule has 0 bridgehead atoms. The lowest BCUT2D eigenvalue weighted by molar-refractivity contribution is 0.391. The molecule has 11 heteroatoms. The van der Waals surface area contributed by atoms with E-state index in [2.05, 4.69) is 31.9 Å². The Hall–Kier alpha value is -3.73. The lowest BCUT2D eigenvalue weighted by atomic mass is 10.2. The molecule has 4 rings (SSSR count). The Balaban J connectivity index is 1.72. The van der Waals surface area contributed by atoms with Crippen LogP contribution in [0.2, 0.25) is 0 Å². The smallest absolute Gasteiger partial charge is 0.239 e. The molecule has 10 nitrogen and oxygen atoms in total. The van der Waals surface area contributed by atoms with E-state index in [1.807, 2.05) is 58.9 Å². The molecule has 3 aromatic heterocycles. The number of anilines is 1. The molecule has 34 heavy (non-hydrogen) atoms. The first-order chi connectivity index (χ1) is 16.5. The number of benzene rings is 1. The summed E-state index contributed by atoms with van der Waals surface area (Å²) in [7, 11) is 4.80. The van der Waals surface area contributed by atoms with Gasteiger partial charge in [0.15, 0.2) is 5.82 Å². The van der Waals surface area contributed by atoms with E-state index in [9.17, 15) is 0 Å². The summed E-state index contributed by atoms with van der Waals surface area (Å²) in [5, 5.41) is 13.3. The van der Waals surface area contributed by atoms with Crippen LogP contribution < -0.4 is 18.9 Å². The molecule has 0 fully saturated rings. The molecule has 0 aliphatic rings. The highest BCUT2D eigenvalue weighted by Crippen LogP contribution is 2.38. The first-order valence-electron chi connectivity index (χ1n) is 10.6. The van der Waals surface area contributed by atoms with Gasteiger partial charge in [-0.3, -0.25) is 14.0 Å². The third-order valence-electron chi connectivity index (χ3n) is 5.12. The summed E-state index contributed by atoms with van der Waals surface area (Å²) in [4.78, 5) is 4.55. The van der Waals surface area contributed by atoms with E-state index in [-0.39, 0.29) is 6.04 Å². The van der Waals surface area contributed by atoms with Crippen LogP contribution in [-0.2, 0) is 0 Å². The molecule has 1 atom stereocenters. The van der Waals surface area contributed by atoms with Gasteiger partial charge < -0.3 is 14.2 Å². The number of hydrogen-bond acceptors (Lipinski definition) is 9. The Labute approximate surface area is 202 Å². The Morgan fingerprint density at radius 1 is 1.00 bits per heavy atom. The normalized spacial score (nSPS) is 11.8. The maximum atomic E-state index is 5.66. The highest BCUT2D eigenvalue weighted by atomic mass is 32.2. The lowest BCUT2D eigenvalue weighted by Gasteiger charge is -2.18. The van der Waals surface area contributed by atoms with Crippen LogP contribution in [0.3, 0.4) is 0 Å². The fourth-order valence-electron chi connectivity index (χ4n) is 3.41. The van der Waals surface area contributed by atoms with Crippen molar-refractivity contribution >= 4 is 17.9 Å². The number of nitrogens with one attached hydrogen (secondary N) is 1. The van der Waals surface area contributed by atoms with Crippen LogP contribution in [-0.4, -0.2) is 56.6 Å². The number of ether oxygens (including phenoxy) is 3.